The summed E-state index contributed by atoms with van der Waals surface area (Å²) in [7, 11) is 0. The highest BCUT2D eigenvalue weighted by atomic mass is 16.7. The van der Waals surface area contributed by atoms with E-state index in [9.17, 15) is 0 Å². The van der Waals surface area contributed by atoms with Crippen LogP contribution in [0.5, 0.6) is 0 Å². The molecule has 0 spiro atoms. The van der Waals surface area contributed by atoms with E-state index in [1.54, 1.807) is 12.2 Å². The van der Waals surface area contributed by atoms with Crippen molar-refractivity contribution in [3.05, 3.63) is 97.1 Å². The van der Waals surface area contributed by atoms with Gasteiger partial charge in [-0.1, -0.05) is 126 Å². The zero-order valence-electron chi connectivity index (χ0n) is 37.2. The van der Waals surface area contributed by atoms with Crippen LogP contribution >= 0.6 is 0 Å². The van der Waals surface area contributed by atoms with E-state index in [-0.39, 0.29) is 0 Å². The Morgan fingerprint density at radius 2 is 1.39 bits per heavy atom. The molecule has 5 aliphatic rings. The number of benzene rings is 2. The molecular formula is C53H78O6. The Balaban J connectivity index is 0.972. The van der Waals surface area contributed by atoms with E-state index in [1.165, 1.54) is 77.0 Å². The standard InChI is InChI=1S/C53H78O6/c1-7-32-54-37-47-48(56-35-40-20-11-9-12-21-40)49(55-33-8-2)50(57-36-41-22-13-10-14-23-41)51(59-47)58-34-38(3)18-17-19-39(4)44-27-28-45-43-26-25-42-24-15-16-30-52(42,5)46(43)29-31-53(44,45)6/h7-14,20-23,38-39,42-51H,1-2,15-19,24-37H2,3-6H3/t38?,39-,42?,43+,44-,45+,46+,47-,48+,49+,50-,51-,52+,53-/m1/s1. The normalized spacial score (nSPS) is 36.5. The molecule has 5 fully saturated rings. The number of hydrogen-bond acceptors (Lipinski definition) is 6. The largest absolute Gasteiger partial charge is 0.375 e. The van der Waals surface area contributed by atoms with Crippen molar-refractivity contribution in [2.24, 2.45) is 52.3 Å². The van der Waals surface area contributed by atoms with Crippen LogP contribution in [0, 0.1) is 52.3 Å². The van der Waals surface area contributed by atoms with Gasteiger partial charge in [0.25, 0.3) is 0 Å². The van der Waals surface area contributed by atoms with Gasteiger partial charge in [-0.2, -0.15) is 0 Å². The number of hydrogen-bond donors (Lipinski definition) is 0. The van der Waals surface area contributed by atoms with Gasteiger partial charge in [0, 0.05) is 0 Å². The van der Waals surface area contributed by atoms with Crippen LogP contribution in [0.2, 0.25) is 0 Å². The van der Waals surface area contributed by atoms with Crippen LogP contribution < -0.4 is 0 Å². The van der Waals surface area contributed by atoms with E-state index in [2.05, 4.69) is 65.1 Å². The van der Waals surface area contributed by atoms with Gasteiger partial charge < -0.3 is 28.4 Å². The van der Waals surface area contributed by atoms with Gasteiger partial charge in [0.05, 0.1) is 39.6 Å². The average molecular weight is 811 g/mol. The van der Waals surface area contributed by atoms with E-state index in [0.717, 1.165) is 53.1 Å². The zero-order chi connectivity index (χ0) is 41.2. The van der Waals surface area contributed by atoms with E-state index in [1.807, 2.05) is 36.4 Å². The van der Waals surface area contributed by atoms with E-state index >= 15 is 0 Å². The molecule has 0 N–H and O–H groups in total. The summed E-state index contributed by atoms with van der Waals surface area (Å²) in [5.74, 6) is 5.91. The monoisotopic (exact) mass is 811 g/mol. The molecule has 326 valence electrons. The van der Waals surface area contributed by atoms with Crippen LogP contribution in [-0.2, 0) is 41.6 Å². The smallest absolute Gasteiger partial charge is 0.186 e. The third kappa shape index (κ3) is 10.5. The van der Waals surface area contributed by atoms with Gasteiger partial charge in [-0.05, 0) is 121 Å². The Morgan fingerprint density at radius 1 is 0.695 bits per heavy atom. The molecule has 0 bridgehead atoms. The molecule has 6 nitrogen and oxygen atoms in total. The maximum absolute atomic E-state index is 6.80. The van der Waals surface area contributed by atoms with Gasteiger partial charge in [0.15, 0.2) is 6.29 Å². The molecule has 7 rings (SSSR count). The lowest BCUT2D eigenvalue weighted by Crippen LogP contribution is -2.62. The highest BCUT2D eigenvalue weighted by Crippen LogP contribution is 2.68. The Bertz CT molecular complexity index is 1570. The van der Waals surface area contributed by atoms with Crippen LogP contribution in [0.3, 0.4) is 0 Å². The topological polar surface area (TPSA) is 55.4 Å². The summed E-state index contributed by atoms with van der Waals surface area (Å²) in [4.78, 5) is 0. The summed E-state index contributed by atoms with van der Waals surface area (Å²) in [6.07, 6.45) is 19.5. The fourth-order valence-electron chi connectivity index (χ4n) is 13.3. The Morgan fingerprint density at radius 3 is 2.10 bits per heavy atom. The molecule has 2 unspecified atom stereocenters. The van der Waals surface area contributed by atoms with Gasteiger partial charge >= 0.3 is 0 Å². The molecule has 2 aromatic rings. The molecule has 14 atom stereocenters. The van der Waals surface area contributed by atoms with Gasteiger partial charge in [0.1, 0.15) is 24.4 Å². The quantitative estimate of drug-likeness (QED) is 0.0925. The molecular weight excluding hydrogens is 733 g/mol. The zero-order valence-corrected chi connectivity index (χ0v) is 37.2. The van der Waals surface area contributed by atoms with E-state index in [4.69, 9.17) is 28.4 Å². The van der Waals surface area contributed by atoms with Crippen LogP contribution in [0.4, 0.5) is 0 Å². The highest BCUT2D eigenvalue weighted by molar-refractivity contribution is 5.15. The molecule has 0 aromatic heterocycles. The van der Waals surface area contributed by atoms with Gasteiger partial charge in [0.2, 0.25) is 0 Å². The first-order valence-electron chi connectivity index (χ1n) is 23.7. The average Bonchev–Trinajstić information content (AvgIpc) is 3.62. The Kier molecular flexibility index (Phi) is 16.0. The molecule has 1 saturated heterocycles. The van der Waals surface area contributed by atoms with Crippen molar-refractivity contribution in [1.29, 1.82) is 0 Å². The molecule has 59 heavy (non-hydrogen) atoms. The molecule has 0 radical (unpaired) electrons. The highest BCUT2D eigenvalue weighted by Gasteiger charge is 2.60. The number of fused-ring (bicyclic) bond motifs is 5. The second-order valence-corrected chi connectivity index (χ2v) is 20.0. The molecule has 4 aliphatic carbocycles. The fourth-order valence-corrected chi connectivity index (χ4v) is 13.3. The van der Waals surface area contributed by atoms with Gasteiger partial charge in [-0.15, -0.1) is 13.2 Å². The fraction of sp³-hybridized carbons (Fsp3) is 0.698. The minimum absolute atomic E-state index is 0.320. The van der Waals surface area contributed by atoms with Crippen LogP contribution in [0.15, 0.2) is 86.0 Å². The maximum Gasteiger partial charge on any atom is 0.186 e. The summed E-state index contributed by atoms with van der Waals surface area (Å²) < 4.78 is 39.5. The van der Waals surface area contributed by atoms with E-state index in [0.29, 0.717) is 56.4 Å². The van der Waals surface area contributed by atoms with Crippen molar-refractivity contribution in [2.45, 2.75) is 155 Å². The first-order valence-corrected chi connectivity index (χ1v) is 23.7. The minimum Gasteiger partial charge on any atom is -0.375 e. The first kappa shape index (κ1) is 44.7. The third-order valence-electron chi connectivity index (χ3n) is 16.3. The van der Waals surface area contributed by atoms with Crippen molar-refractivity contribution < 1.29 is 28.4 Å². The van der Waals surface area contributed by atoms with Crippen LogP contribution in [0.1, 0.15) is 122 Å². The SMILES string of the molecule is C=CCOC[C@H]1O[C@@H](OCC(C)CCC[C@@H](C)[C@H]2CC[C@H]3[C@@H]4CCC5CCCC[C@]5(C)[C@H]4CC[C@]23C)[C@H](OCc2ccccc2)[C@@H](OCC=C)[C@H]1OCc1ccccc1. The molecule has 0 amide bonds. The molecule has 1 heterocycles. The van der Waals surface area contributed by atoms with Gasteiger partial charge in [-0.3, -0.25) is 0 Å². The molecule has 6 heteroatoms. The molecule has 4 saturated carbocycles. The number of rotatable bonds is 21. The van der Waals surface area contributed by atoms with Crippen LogP contribution in [0.25, 0.3) is 0 Å². The Labute approximate surface area is 358 Å². The summed E-state index contributed by atoms with van der Waals surface area (Å²) in [5, 5.41) is 0. The van der Waals surface area contributed by atoms with E-state index < -0.39 is 30.7 Å². The predicted molar refractivity (Wildman–Crippen MR) is 238 cm³/mol. The first-order chi connectivity index (χ1) is 28.7. The number of ether oxygens (including phenoxy) is 6. The second-order valence-electron chi connectivity index (χ2n) is 20.0. The third-order valence-corrected chi connectivity index (χ3v) is 16.3. The minimum atomic E-state index is -0.653. The lowest BCUT2D eigenvalue weighted by atomic mass is 9.44. The Hall–Kier alpha value is -2.32. The maximum atomic E-state index is 6.80. The molecule has 1 aliphatic heterocycles. The second kappa shape index (κ2) is 21.2. The van der Waals surface area contributed by atoms with Gasteiger partial charge in [-0.25, -0.2) is 0 Å². The van der Waals surface area contributed by atoms with Crippen molar-refractivity contribution in [3.8, 4) is 0 Å². The van der Waals surface area contributed by atoms with Crippen molar-refractivity contribution in [2.75, 3.05) is 26.4 Å². The summed E-state index contributed by atoms with van der Waals surface area (Å²) >= 11 is 0. The van der Waals surface area contributed by atoms with Crippen molar-refractivity contribution in [3.63, 3.8) is 0 Å². The van der Waals surface area contributed by atoms with Crippen molar-refractivity contribution >= 4 is 0 Å². The predicted octanol–water partition coefficient (Wildman–Crippen LogP) is 12.2. The summed E-state index contributed by atoms with van der Waals surface area (Å²) in [6, 6.07) is 20.5. The summed E-state index contributed by atoms with van der Waals surface area (Å²) in [5.41, 5.74) is 3.31. The summed E-state index contributed by atoms with van der Waals surface area (Å²) in [6.45, 7) is 20.7. The lowest BCUT2D eigenvalue weighted by molar-refractivity contribution is -0.326. The van der Waals surface area contributed by atoms with Crippen molar-refractivity contribution in [1.82, 2.24) is 0 Å². The molecule has 2 aromatic carbocycles. The lowest BCUT2D eigenvalue weighted by Gasteiger charge is -2.61. The van der Waals surface area contributed by atoms with Crippen LogP contribution in [-0.4, -0.2) is 57.1 Å².